The number of nitro benzene ring substituents is 1. The molecule has 0 saturated heterocycles. The van der Waals surface area contributed by atoms with Crippen LogP contribution in [-0.2, 0) is 14.1 Å². The van der Waals surface area contributed by atoms with Crippen molar-refractivity contribution in [3.63, 3.8) is 0 Å². The van der Waals surface area contributed by atoms with Gasteiger partial charge < -0.3 is 0 Å². The Hall–Kier alpha value is -4.47. The number of imidazole rings is 2. The highest BCUT2D eigenvalue weighted by Gasteiger charge is 2.22. The van der Waals surface area contributed by atoms with Gasteiger partial charge in [-0.3, -0.25) is 33.0 Å². The lowest BCUT2D eigenvalue weighted by atomic mass is 10.1. The molecule has 5 rings (SSSR count). The van der Waals surface area contributed by atoms with Crippen LogP contribution in [0.15, 0.2) is 64.3 Å². The lowest BCUT2D eigenvalue weighted by Gasteiger charge is -2.09. The summed E-state index contributed by atoms with van der Waals surface area (Å²) in [7, 11) is 3.00. The van der Waals surface area contributed by atoms with Gasteiger partial charge in [0.15, 0.2) is 11.2 Å². The van der Waals surface area contributed by atoms with Crippen molar-refractivity contribution in [3.8, 4) is 16.9 Å². The summed E-state index contributed by atoms with van der Waals surface area (Å²) in [6, 6.07) is 14.0. The number of nitrogens with zero attached hydrogens (tertiary/aromatic N) is 6. The predicted octanol–water partition coefficient (Wildman–Crippen LogP) is 2.56. The highest BCUT2D eigenvalue weighted by molar-refractivity contribution is 5.79. The van der Waals surface area contributed by atoms with Gasteiger partial charge in [0.1, 0.15) is 0 Å². The number of hydrogen-bond acceptors (Lipinski definition) is 5. The minimum atomic E-state index is -0.458. The number of fused-ring (bicyclic) bond motifs is 3. The molecule has 2 aromatic carbocycles. The second kappa shape index (κ2) is 6.77. The van der Waals surface area contributed by atoms with Crippen molar-refractivity contribution >= 4 is 22.6 Å². The third kappa shape index (κ3) is 2.69. The minimum Gasteiger partial charge on any atom is -0.279 e. The number of nitro groups is 1. The van der Waals surface area contributed by atoms with E-state index in [1.54, 1.807) is 29.8 Å². The van der Waals surface area contributed by atoms with Crippen molar-refractivity contribution < 1.29 is 4.92 Å². The Balaban J connectivity index is 1.90. The maximum absolute atomic E-state index is 12.9. The van der Waals surface area contributed by atoms with Crippen LogP contribution in [0.3, 0.4) is 0 Å². The van der Waals surface area contributed by atoms with Crippen molar-refractivity contribution in [2.24, 2.45) is 14.1 Å². The normalized spacial score (nSPS) is 11.5. The summed E-state index contributed by atoms with van der Waals surface area (Å²) in [5.74, 6) is 0.454. The molecular formula is C22H18N6O4. The Bertz CT molecular complexity index is 1650. The van der Waals surface area contributed by atoms with Gasteiger partial charge in [0.05, 0.1) is 10.6 Å². The van der Waals surface area contributed by atoms with E-state index in [1.807, 2.05) is 35.8 Å². The first kappa shape index (κ1) is 19.5. The average molecular weight is 430 g/mol. The lowest BCUT2D eigenvalue weighted by Crippen LogP contribution is -2.37. The minimum absolute atomic E-state index is 0.0127. The van der Waals surface area contributed by atoms with Crippen LogP contribution in [0.25, 0.3) is 33.9 Å². The topological polar surface area (TPSA) is 109 Å². The standard InChI is InChI=1S/C22H18N6O4/c1-13-4-8-15(9-5-13)27-17(14-6-10-16(11-7-14)28(31)32)12-26-18-19(23-21(26)27)24(2)22(30)25(3)20(18)29/h4-12H,1-3H3. The van der Waals surface area contributed by atoms with Crippen LogP contribution in [0, 0.1) is 17.0 Å². The molecule has 0 bridgehead atoms. The van der Waals surface area contributed by atoms with E-state index < -0.39 is 16.2 Å². The third-order valence-electron chi connectivity index (χ3n) is 5.63. The van der Waals surface area contributed by atoms with Gasteiger partial charge in [0.2, 0.25) is 5.78 Å². The van der Waals surface area contributed by atoms with Crippen molar-refractivity contribution in [1.29, 1.82) is 0 Å². The first-order valence-corrected chi connectivity index (χ1v) is 9.79. The van der Waals surface area contributed by atoms with Gasteiger partial charge >= 0.3 is 5.69 Å². The van der Waals surface area contributed by atoms with Crippen LogP contribution in [0.2, 0.25) is 0 Å². The molecule has 0 amide bonds. The zero-order valence-corrected chi connectivity index (χ0v) is 17.5. The molecule has 0 radical (unpaired) electrons. The number of non-ortho nitro benzene ring substituents is 1. The Labute approximate surface area is 180 Å². The fourth-order valence-corrected chi connectivity index (χ4v) is 3.88. The van der Waals surface area contributed by atoms with Crippen LogP contribution in [-0.4, -0.2) is 28.0 Å². The van der Waals surface area contributed by atoms with E-state index in [-0.39, 0.29) is 16.9 Å². The summed E-state index contributed by atoms with van der Waals surface area (Å²) in [6.45, 7) is 1.98. The fraction of sp³-hybridized carbons (Fsp3) is 0.136. The molecule has 0 atom stereocenters. The van der Waals surface area contributed by atoms with Gasteiger partial charge in [-0.05, 0) is 31.2 Å². The lowest BCUT2D eigenvalue weighted by molar-refractivity contribution is -0.384. The molecule has 0 saturated carbocycles. The van der Waals surface area contributed by atoms with Gasteiger partial charge in [-0.25, -0.2) is 4.79 Å². The first-order chi connectivity index (χ1) is 15.3. The highest BCUT2D eigenvalue weighted by atomic mass is 16.6. The van der Waals surface area contributed by atoms with E-state index in [4.69, 9.17) is 0 Å². The Morgan fingerprint density at radius 2 is 1.59 bits per heavy atom. The molecule has 0 spiro atoms. The van der Waals surface area contributed by atoms with Crippen molar-refractivity contribution in [2.45, 2.75) is 6.92 Å². The van der Waals surface area contributed by atoms with Crippen LogP contribution < -0.4 is 11.2 Å². The molecule has 160 valence electrons. The molecule has 3 heterocycles. The number of hydrogen-bond donors (Lipinski definition) is 0. The number of aromatic nitrogens is 5. The Morgan fingerprint density at radius 1 is 0.938 bits per heavy atom. The smallest absolute Gasteiger partial charge is 0.279 e. The Kier molecular flexibility index (Phi) is 4.12. The number of aryl methyl sites for hydroxylation is 2. The Morgan fingerprint density at radius 3 is 2.22 bits per heavy atom. The summed E-state index contributed by atoms with van der Waals surface area (Å²) < 4.78 is 5.91. The molecule has 5 aromatic rings. The van der Waals surface area contributed by atoms with Crippen molar-refractivity contribution in [1.82, 2.24) is 23.1 Å². The second-order valence-electron chi connectivity index (χ2n) is 7.65. The van der Waals surface area contributed by atoms with E-state index in [0.717, 1.165) is 21.4 Å². The SMILES string of the molecule is Cc1ccc(-n2c(-c3ccc([N+](=O)[O-])cc3)cn3c4c(=O)n(C)c(=O)n(C)c4nc23)cc1. The van der Waals surface area contributed by atoms with Gasteiger partial charge in [0, 0.05) is 43.7 Å². The zero-order chi connectivity index (χ0) is 22.7. The number of benzene rings is 2. The molecule has 0 fully saturated rings. The first-order valence-electron chi connectivity index (χ1n) is 9.79. The van der Waals surface area contributed by atoms with Crippen LogP contribution >= 0.6 is 0 Å². The molecule has 10 nitrogen and oxygen atoms in total. The van der Waals surface area contributed by atoms with Gasteiger partial charge in [-0.15, -0.1) is 0 Å². The molecule has 0 N–H and O–H groups in total. The average Bonchev–Trinajstić information content (AvgIpc) is 3.33. The molecule has 0 aliphatic carbocycles. The van der Waals surface area contributed by atoms with Gasteiger partial charge in [0.25, 0.3) is 11.2 Å². The van der Waals surface area contributed by atoms with Crippen molar-refractivity contribution in [3.05, 3.63) is 91.2 Å². The van der Waals surface area contributed by atoms with Gasteiger partial charge in [-0.2, -0.15) is 4.98 Å². The van der Waals surface area contributed by atoms with E-state index in [9.17, 15) is 19.7 Å². The molecule has 32 heavy (non-hydrogen) atoms. The molecule has 10 heteroatoms. The van der Waals surface area contributed by atoms with Gasteiger partial charge in [-0.1, -0.05) is 17.7 Å². The molecule has 0 unspecified atom stereocenters. The second-order valence-corrected chi connectivity index (χ2v) is 7.65. The molecule has 0 aliphatic rings. The summed E-state index contributed by atoms with van der Waals surface area (Å²) in [5.41, 5.74) is 2.94. The van der Waals surface area contributed by atoms with E-state index in [2.05, 4.69) is 4.98 Å². The fourth-order valence-electron chi connectivity index (χ4n) is 3.88. The molecule has 0 aliphatic heterocycles. The number of rotatable bonds is 3. The van der Waals surface area contributed by atoms with Crippen LogP contribution in [0.1, 0.15) is 5.56 Å². The maximum atomic E-state index is 12.9. The van der Waals surface area contributed by atoms with E-state index in [1.165, 1.54) is 23.7 Å². The maximum Gasteiger partial charge on any atom is 0.332 e. The predicted molar refractivity (Wildman–Crippen MR) is 119 cm³/mol. The van der Waals surface area contributed by atoms with Crippen molar-refractivity contribution in [2.75, 3.05) is 0 Å². The van der Waals surface area contributed by atoms with Crippen LogP contribution in [0.5, 0.6) is 0 Å². The van der Waals surface area contributed by atoms with E-state index >= 15 is 0 Å². The summed E-state index contributed by atoms with van der Waals surface area (Å²) >= 11 is 0. The summed E-state index contributed by atoms with van der Waals surface area (Å²) in [5, 5.41) is 11.1. The quantitative estimate of drug-likeness (QED) is 0.323. The monoisotopic (exact) mass is 430 g/mol. The highest BCUT2D eigenvalue weighted by Crippen LogP contribution is 2.30. The zero-order valence-electron chi connectivity index (χ0n) is 17.5. The summed E-state index contributed by atoms with van der Waals surface area (Å²) in [6.07, 6.45) is 1.76. The third-order valence-corrected chi connectivity index (χ3v) is 5.63. The molecular weight excluding hydrogens is 412 g/mol. The summed E-state index contributed by atoms with van der Waals surface area (Å²) in [4.78, 5) is 40.6. The molecule has 3 aromatic heterocycles. The largest absolute Gasteiger partial charge is 0.332 e. The van der Waals surface area contributed by atoms with E-state index in [0.29, 0.717) is 11.5 Å². The van der Waals surface area contributed by atoms with Crippen LogP contribution in [0.4, 0.5) is 5.69 Å².